The number of carboxylic acids is 2. The van der Waals surface area contributed by atoms with Crippen LogP contribution in [0.2, 0.25) is 0 Å². The molecule has 0 saturated carbocycles. The molecule has 0 fully saturated rings. The first-order valence-corrected chi connectivity index (χ1v) is 6.33. The van der Waals surface area contributed by atoms with E-state index in [0.717, 1.165) is 18.2 Å². The number of para-hydroxylation sites is 1. The highest BCUT2D eigenvalue weighted by molar-refractivity contribution is 6.01. The number of nitrogens with one attached hydrogen (secondary N) is 1. The summed E-state index contributed by atoms with van der Waals surface area (Å²) in [6.45, 7) is 0.988. The number of carbonyl (C=O) groups is 4. The molecule has 0 spiro atoms. The van der Waals surface area contributed by atoms with Crippen molar-refractivity contribution in [2.24, 2.45) is 11.7 Å². The van der Waals surface area contributed by atoms with Crippen molar-refractivity contribution in [3.63, 3.8) is 0 Å². The Bertz CT molecular complexity index is 572. The zero-order chi connectivity index (χ0) is 16.9. The predicted octanol–water partition coefficient (Wildman–Crippen LogP) is -0.131. The van der Waals surface area contributed by atoms with Crippen molar-refractivity contribution in [3.8, 4) is 0 Å². The molecule has 0 aliphatic carbocycles. The lowest BCUT2D eigenvalue weighted by molar-refractivity contribution is -0.153. The third-order valence-electron chi connectivity index (χ3n) is 2.99. The van der Waals surface area contributed by atoms with Crippen LogP contribution in [-0.4, -0.2) is 39.9 Å². The summed E-state index contributed by atoms with van der Waals surface area (Å²) in [5, 5.41) is 19.5. The minimum atomic E-state index is -1.68. The molecule has 0 radical (unpaired) electrons. The Balaban J connectivity index is 0.000000222. The van der Waals surface area contributed by atoms with Crippen LogP contribution < -0.4 is 11.1 Å². The van der Waals surface area contributed by atoms with E-state index in [-0.39, 0.29) is 5.91 Å². The Hall–Kier alpha value is -2.74. The molecule has 118 valence electrons. The lowest BCUT2D eigenvalue weighted by Crippen LogP contribution is -2.45. The van der Waals surface area contributed by atoms with Crippen LogP contribution in [0.15, 0.2) is 24.3 Å². The number of benzene rings is 1. The highest BCUT2D eigenvalue weighted by Crippen LogP contribution is 2.20. The summed E-state index contributed by atoms with van der Waals surface area (Å²) in [5.41, 5.74) is 7.03. The van der Waals surface area contributed by atoms with Crippen molar-refractivity contribution in [1.29, 1.82) is 0 Å². The van der Waals surface area contributed by atoms with Gasteiger partial charge in [0.15, 0.2) is 0 Å². The molecule has 1 aliphatic heterocycles. The molecular formula is C14H16N2O6. The van der Waals surface area contributed by atoms with Crippen molar-refractivity contribution in [3.05, 3.63) is 29.8 Å². The van der Waals surface area contributed by atoms with Crippen LogP contribution in [0.4, 0.5) is 5.69 Å². The topological polar surface area (TPSA) is 147 Å². The van der Waals surface area contributed by atoms with E-state index in [4.69, 9.17) is 15.9 Å². The fourth-order valence-electron chi connectivity index (χ4n) is 1.89. The van der Waals surface area contributed by atoms with E-state index in [9.17, 15) is 19.2 Å². The van der Waals surface area contributed by atoms with E-state index in [2.05, 4.69) is 5.32 Å². The zero-order valence-corrected chi connectivity index (χ0v) is 11.8. The zero-order valence-electron chi connectivity index (χ0n) is 11.8. The first-order chi connectivity index (χ1) is 10.2. The van der Waals surface area contributed by atoms with Crippen LogP contribution in [0.5, 0.6) is 0 Å². The molecule has 1 unspecified atom stereocenters. The number of amides is 1. The summed E-state index contributed by atoms with van der Waals surface area (Å²) in [4.78, 5) is 41.9. The Labute approximate surface area is 125 Å². The van der Waals surface area contributed by atoms with Crippen LogP contribution in [0.1, 0.15) is 12.5 Å². The Kier molecular flexibility index (Phi) is 5.76. The average molecular weight is 308 g/mol. The van der Waals surface area contributed by atoms with Crippen LogP contribution in [0.3, 0.4) is 0 Å². The first kappa shape index (κ1) is 17.3. The number of ketones is 1. The van der Waals surface area contributed by atoms with Crippen LogP contribution in [0, 0.1) is 5.92 Å². The van der Waals surface area contributed by atoms with Gasteiger partial charge in [-0.3, -0.25) is 19.2 Å². The van der Waals surface area contributed by atoms with Gasteiger partial charge in [-0.25, -0.2) is 0 Å². The highest BCUT2D eigenvalue weighted by atomic mass is 16.4. The molecule has 8 nitrogen and oxygen atoms in total. The highest BCUT2D eigenvalue weighted by Gasteiger charge is 2.34. The summed E-state index contributed by atoms with van der Waals surface area (Å²) < 4.78 is 0. The molecule has 1 heterocycles. The lowest BCUT2D eigenvalue weighted by Gasteiger charge is -2.12. The number of fused-ring (bicyclic) bond motifs is 1. The van der Waals surface area contributed by atoms with E-state index in [1.54, 1.807) is 0 Å². The van der Waals surface area contributed by atoms with E-state index in [1.807, 2.05) is 24.3 Å². The second-order valence-electron chi connectivity index (χ2n) is 4.67. The van der Waals surface area contributed by atoms with Gasteiger partial charge in [0.25, 0.3) is 0 Å². The molecule has 22 heavy (non-hydrogen) atoms. The van der Waals surface area contributed by atoms with Gasteiger partial charge in [0.2, 0.25) is 5.91 Å². The molecule has 5 N–H and O–H groups in total. The van der Waals surface area contributed by atoms with Gasteiger partial charge in [0, 0.05) is 5.69 Å². The summed E-state index contributed by atoms with van der Waals surface area (Å²) in [7, 11) is 0. The molecule has 0 aromatic heterocycles. The van der Waals surface area contributed by atoms with Gasteiger partial charge in [-0.1, -0.05) is 18.2 Å². The normalized spacial score (nSPS) is 14.7. The number of nitrogens with two attached hydrogens (primary N) is 1. The molecular weight excluding hydrogens is 292 g/mol. The van der Waals surface area contributed by atoms with Crippen LogP contribution >= 0.6 is 0 Å². The van der Waals surface area contributed by atoms with E-state index < -0.39 is 29.7 Å². The average Bonchev–Trinajstić information content (AvgIpc) is 2.78. The fraction of sp³-hybridized carbons (Fsp3) is 0.286. The summed E-state index contributed by atoms with van der Waals surface area (Å²) in [6.07, 6.45) is 0.538. The molecule has 2 rings (SSSR count). The number of rotatable bonds is 4. The van der Waals surface area contributed by atoms with Crippen molar-refractivity contribution in [2.45, 2.75) is 19.4 Å². The van der Waals surface area contributed by atoms with Gasteiger partial charge < -0.3 is 21.3 Å². The van der Waals surface area contributed by atoms with Crippen molar-refractivity contribution < 1.29 is 29.4 Å². The predicted molar refractivity (Wildman–Crippen MR) is 76.2 cm³/mol. The van der Waals surface area contributed by atoms with E-state index >= 15 is 0 Å². The first-order valence-electron chi connectivity index (χ1n) is 6.33. The lowest BCUT2D eigenvalue weighted by atomic mass is 9.97. The Morgan fingerprint density at radius 2 is 1.77 bits per heavy atom. The maximum atomic E-state index is 10.8. The smallest absolute Gasteiger partial charge is 0.321 e. The molecule has 2 atom stereocenters. The molecule has 1 aromatic rings. The van der Waals surface area contributed by atoms with Gasteiger partial charge >= 0.3 is 11.9 Å². The van der Waals surface area contributed by atoms with Crippen molar-refractivity contribution in [2.75, 3.05) is 5.32 Å². The number of carboxylic acid groups (broad SMARTS) is 2. The molecule has 0 saturated heterocycles. The SMILES string of the molecule is CC(=O)C(C(=O)O)[C@H](N)C(=O)O.O=C1Cc2ccccc2N1. The molecule has 0 bridgehead atoms. The summed E-state index contributed by atoms with van der Waals surface area (Å²) in [6, 6.07) is 6.07. The third-order valence-corrected chi connectivity index (χ3v) is 2.99. The number of carbonyl (C=O) groups excluding carboxylic acids is 2. The van der Waals surface area contributed by atoms with Crippen molar-refractivity contribution in [1.82, 2.24) is 0 Å². The summed E-state index contributed by atoms with van der Waals surface area (Å²) >= 11 is 0. The van der Waals surface area contributed by atoms with Gasteiger partial charge in [0.1, 0.15) is 17.7 Å². The molecule has 1 amide bonds. The minimum Gasteiger partial charge on any atom is -0.481 e. The maximum Gasteiger partial charge on any atom is 0.321 e. The summed E-state index contributed by atoms with van der Waals surface area (Å²) in [5.74, 6) is -5.35. The monoisotopic (exact) mass is 308 g/mol. The molecule has 1 aliphatic rings. The van der Waals surface area contributed by atoms with Crippen molar-refractivity contribution >= 4 is 29.3 Å². The van der Waals surface area contributed by atoms with Gasteiger partial charge in [-0.2, -0.15) is 0 Å². The number of aliphatic carboxylic acids is 2. The van der Waals surface area contributed by atoms with E-state index in [0.29, 0.717) is 6.42 Å². The molecule has 1 aromatic carbocycles. The number of hydrogen-bond acceptors (Lipinski definition) is 5. The van der Waals surface area contributed by atoms with Crippen LogP contribution in [0.25, 0.3) is 0 Å². The van der Waals surface area contributed by atoms with E-state index in [1.165, 1.54) is 0 Å². The quantitative estimate of drug-likeness (QED) is 0.566. The fourth-order valence-corrected chi connectivity index (χ4v) is 1.89. The van der Waals surface area contributed by atoms with Gasteiger partial charge in [-0.15, -0.1) is 0 Å². The standard InChI is InChI=1S/C8H7NO.C6H9NO5/c10-8-5-6-3-1-2-4-7(6)9-8;1-2(8)3(5(9)10)4(7)6(11)12/h1-4H,5H2,(H,9,10);3-4H,7H2,1H3,(H,9,10)(H,11,12)/t;3?,4-/m.0/s1. The second-order valence-corrected chi connectivity index (χ2v) is 4.67. The van der Waals surface area contributed by atoms with Crippen LogP contribution in [-0.2, 0) is 25.6 Å². The minimum absolute atomic E-state index is 0.0983. The number of Topliss-reactive ketones (excluding diaryl/α,β-unsaturated/α-hetero) is 1. The number of anilines is 1. The molecule has 8 heteroatoms. The third kappa shape index (κ3) is 4.38. The Morgan fingerprint density at radius 1 is 1.18 bits per heavy atom. The van der Waals surface area contributed by atoms with Gasteiger partial charge in [0.05, 0.1) is 6.42 Å². The number of hydrogen-bond donors (Lipinski definition) is 4. The van der Waals surface area contributed by atoms with Gasteiger partial charge in [-0.05, 0) is 18.6 Å². The second kappa shape index (κ2) is 7.32. The maximum absolute atomic E-state index is 10.8. The largest absolute Gasteiger partial charge is 0.481 e. The Morgan fingerprint density at radius 3 is 2.18 bits per heavy atom.